The smallest absolute Gasteiger partial charge is 0.224 e. The van der Waals surface area contributed by atoms with Crippen molar-refractivity contribution >= 4 is 27.6 Å². The van der Waals surface area contributed by atoms with Crippen molar-refractivity contribution in [2.45, 2.75) is 20.4 Å². The van der Waals surface area contributed by atoms with E-state index in [1.54, 1.807) is 0 Å². The molecule has 96 valence electrons. The fourth-order valence-corrected chi connectivity index (χ4v) is 2.23. The van der Waals surface area contributed by atoms with Gasteiger partial charge < -0.3 is 11.1 Å². The van der Waals surface area contributed by atoms with Gasteiger partial charge in [-0.1, -0.05) is 15.9 Å². The van der Waals surface area contributed by atoms with Crippen LogP contribution < -0.4 is 11.1 Å². The van der Waals surface area contributed by atoms with Crippen LogP contribution in [0.1, 0.15) is 13.8 Å². The van der Waals surface area contributed by atoms with Crippen molar-refractivity contribution < 1.29 is 0 Å². The maximum atomic E-state index is 5.83. The zero-order valence-electron chi connectivity index (χ0n) is 10.4. The highest BCUT2D eigenvalue weighted by Gasteiger charge is 2.14. The van der Waals surface area contributed by atoms with Crippen LogP contribution in [0.3, 0.4) is 0 Å². The number of nitrogens with two attached hydrogens (primary N) is 1. The largest absolute Gasteiger partial charge is 0.399 e. The molecule has 0 unspecified atom stereocenters. The van der Waals surface area contributed by atoms with Crippen LogP contribution in [0.4, 0.5) is 11.6 Å². The molecule has 2 rings (SSSR count). The van der Waals surface area contributed by atoms with E-state index >= 15 is 0 Å². The Morgan fingerprint density at radius 2 is 2.11 bits per heavy atom. The van der Waals surface area contributed by atoms with E-state index < -0.39 is 0 Å². The summed E-state index contributed by atoms with van der Waals surface area (Å²) in [5.74, 6) is 1.59. The third kappa shape index (κ3) is 2.33. The van der Waals surface area contributed by atoms with E-state index in [2.05, 4.69) is 38.4 Å². The normalized spacial score (nSPS) is 10.6. The molecule has 2 aromatic rings. The van der Waals surface area contributed by atoms with Crippen LogP contribution in [0, 0.1) is 0 Å². The van der Waals surface area contributed by atoms with Gasteiger partial charge in [0.2, 0.25) is 5.95 Å². The van der Waals surface area contributed by atoms with Gasteiger partial charge in [-0.2, -0.15) is 0 Å². The Kier molecular flexibility index (Phi) is 3.86. The first kappa shape index (κ1) is 12.9. The van der Waals surface area contributed by atoms with E-state index in [1.165, 1.54) is 0 Å². The minimum Gasteiger partial charge on any atom is -0.399 e. The first-order valence-corrected chi connectivity index (χ1v) is 6.69. The van der Waals surface area contributed by atoms with Gasteiger partial charge in [-0.25, -0.2) is 0 Å². The number of nitrogens with zero attached hydrogens (tertiary/aromatic N) is 3. The van der Waals surface area contributed by atoms with Gasteiger partial charge in [-0.05, 0) is 32.0 Å². The molecule has 1 aromatic carbocycles. The zero-order valence-corrected chi connectivity index (χ0v) is 12.0. The molecule has 0 amide bonds. The SMILES string of the molecule is CCNc1nnc(-c2cc(N)ccc2Br)n1CC. The van der Waals surface area contributed by atoms with Gasteiger partial charge in [0.05, 0.1) is 0 Å². The number of nitrogens with one attached hydrogen (secondary N) is 1. The fraction of sp³-hybridized carbons (Fsp3) is 0.333. The van der Waals surface area contributed by atoms with Gasteiger partial charge >= 0.3 is 0 Å². The highest BCUT2D eigenvalue weighted by molar-refractivity contribution is 9.10. The van der Waals surface area contributed by atoms with Crippen molar-refractivity contribution in [1.29, 1.82) is 0 Å². The molecular formula is C12H16BrN5. The zero-order chi connectivity index (χ0) is 13.1. The lowest BCUT2D eigenvalue weighted by Crippen LogP contribution is -2.07. The molecular weight excluding hydrogens is 294 g/mol. The number of rotatable bonds is 4. The molecule has 0 radical (unpaired) electrons. The molecule has 0 bridgehead atoms. The second-order valence-electron chi connectivity index (χ2n) is 3.86. The summed E-state index contributed by atoms with van der Waals surface area (Å²) >= 11 is 3.52. The number of hydrogen-bond donors (Lipinski definition) is 2. The molecule has 0 atom stereocenters. The Balaban J connectivity index is 2.53. The average molecular weight is 310 g/mol. The summed E-state index contributed by atoms with van der Waals surface area (Å²) in [6.07, 6.45) is 0. The van der Waals surface area contributed by atoms with Gasteiger partial charge in [0.15, 0.2) is 5.82 Å². The molecule has 6 heteroatoms. The van der Waals surface area contributed by atoms with Crippen molar-refractivity contribution in [2.24, 2.45) is 0 Å². The standard InChI is InChI=1S/C12H16BrN5/c1-3-15-12-17-16-11(18(12)4-2)9-7-8(14)5-6-10(9)13/h5-7H,3-4,14H2,1-2H3,(H,15,17). The summed E-state index contributed by atoms with van der Waals surface area (Å²) < 4.78 is 2.99. The Labute approximate surface area is 115 Å². The Morgan fingerprint density at radius 3 is 2.78 bits per heavy atom. The summed E-state index contributed by atoms with van der Waals surface area (Å²) in [5.41, 5.74) is 7.49. The molecule has 0 aliphatic carbocycles. The molecule has 0 spiro atoms. The minimum absolute atomic E-state index is 0.712. The molecule has 0 aliphatic rings. The summed E-state index contributed by atoms with van der Waals surface area (Å²) in [6, 6.07) is 5.67. The molecule has 5 nitrogen and oxygen atoms in total. The molecule has 0 saturated carbocycles. The first-order valence-electron chi connectivity index (χ1n) is 5.89. The van der Waals surface area contributed by atoms with Gasteiger partial charge in [0.1, 0.15) is 0 Å². The summed E-state index contributed by atoms with van der Waals surface area (Å²) in [4.78, 5) is 0. The first-order chi connectivity index (χ1) is 8.67. The summed E-state index contributed by atoms with van der Waals surface area (Å²) in [6.45, 7) is 5.71. The highest BCUT2D eigenvalue weighted by atomic mass is 79.9. The van der Waals surface area contributed by atoms with Crippen LogP contribution in [0.25, 0.3) is 11.4 Å². The third-order valence-corrected chi connectivity index (χ3v) is 3.32. The third-order valence-electron chi connectivity index (χ3n) is 2.63. The Hall–Kier alpha value is -1.56. The molecule has 0 aliphatic heterocycles. The lowest BCUT2D eigenvalue weighted by Gasteiger charge is -2.09. The van der Waals surface area contributed by atoms with Crippen molar-refractivity contribution in [1.82, 2.24) is 14.8 Å². The van der Waals surface area contributed by atoms with Crippen LogP contribution >= 0.6 is 15.9 Å². The number of aromatic nitrogens is 3. The quantitative estimate of drug-likeness (QED) is 0.852. The monoisotopic (exact) mass is 309 g/mol. The topological polar surface area (TPSA) is 68.8 Å². The predicted octanol–water partition coefficient (Wildman–Crippen LogP) is 2.74. The van der Waals surface area contributed by atoms with Crippen LogP contribution in [0.2, 0.25) is 0 Å². The van der Waals surface area contributed by atoms with E-state index in [0.717, 1.165) is 34.9 Å². The van der Waals surface area contributed by atoms with E-state index in [4.69, 9.17) is 5.73 Å². The summed E-state index contributed by atoms with van der Waals surface area (Å²) in [5, 5.41) is 11.6. The Bertz CT molecular complexity index is 549. The van der Waals surface area contributed by atoms with E-state index in [0.29, 0.717) is 5.69 Å². The maximum Gasteiger partial charge on any atom is 0.224 e. The second kappa shape index (κ2) is 5.39. The number of halogens is 1. The number of anilines is 2. The molecule has 18 heavy (non-hydrogen) atoms. The second-order valence-corrected chi connectivity index (χ2v) is 4.72. The molecule has 1 aromatic heterocycles. The maximum absolute atomic E-state index is 5.83. The highest BCUT2D eigenvalue weighted by Crippen LogP contribution is 2.30. The van der Waals surface area contributed by atoms with Gasteiger partial charge in [-0.3, -0.25) is 4.57 Å². The van der Waals surface area contributed by atoms with Crippen LogP contribution in [0.15, 0.2) is 22.7 Å². The average Bonchev–Trinajstić information content (AvgIpc) is 2.75. The molecule has 0 fully saturated rings. The van der Waals surface area contributed by atoms with Crippen molar-refractivity contribution in [3.63, 3.8) is 0 Å². The van der Waals surface area contributed by atoms with Gasteiger partial charge in [0.25, 0.3) is 0 Å². The fourth-order valence-electron chi connectivity index (χ4n) is 1.80. The minimum atomic E-state index is 0.712. The number of nitrogen functional groups attached to an aromatic ring is 1. The lowest BCUT2D eigenvalue weighted by atomic mass is 10.2. The molecule has 3 N–H and O–H groups in total. The van der Waals surface area contributed by atoms with Crippen LogP contribution in [0.5, 0.6) is 0 Å². The summed E-state index contributed by atoms with van der Waals surface area (Å²) in [7, 11) is 0. The van der Waals surface area contributed by atoms with Gasteiger partial charge in [0, 0.05) is 28.8 Å². The van der Waals surface area contributed by atoms with Crippen LogP contribution in [-0.4, -0.2) is 21.3 Å². The predicted molar refractivity (Wildman–Crippen MR) is 77.4 cm³/mol. The lowest BCUT2D eigenvalue weighted by molar-refractivity contribution is 0.770. The van der Waals surface area contributed by atoms with E-state index in [9.17, 15) is 0 Å². The molecule has 0 saturated heterocycles. The van der Waals surface area contributed by atoms with Crippen molar-refractivity contribution in [3.8, 4) is 11.4 Å². The number of benzene rings is 1. The van der Waals surface area contributed by atoms with Gasteiger partial charge in [-0.15, -0.1) is 10.2 Å². The van der Waals surface area contributed by atoms with E-state index in [1.807, 2.05) is 29.7 Å². The number of hydrogen-bond acceptors (Lipinski definition) is 4. The van der Waals surface area contributed by atoms with Crippen LogP contribution in [-0.2, 0) is 6.54 Å². The van der Waals surface area contributed by atoms with Crippen molar-refractivity contribution in [2.75, 3.05) is 17.6 Å². The Morgan fingerprint density at radius 1 is 1.33 bits per heavy atom. The van der Waals surface area contributed by atoms with Crippen molar-refractivity contribution in [3.05, 3.63) is 22.7 Å². The van der Waals surface area contributed by atoms with E-state index in [-0.39, 0.29) is 0 Å². The molecule has 1 heterocycles.